The van der Waals surface area contributed by atoms with E-state index in [0.29, 0.717) is 6.42 Å². The zero-order chi connectivity index (χ0) is 21.7. The second-order valence-corrected chi connectivity index (χ2v) is 7.36. The zero-order valence-electron chi connectivity index (χ0n) is 17.2. The molecule has 0 bridgehead atoms. The summed E-state index contributed by atoms with van der Waals surface area (Å²) < 4.78 is 15.1. The molecule has 160 valence electrons. The van der Waals surface area contributed by atoms with Gasteiger partial charge in [-0.15, -0.1) is 0 Å². The summed E-state index contributed by atoms with van der Waals surface area (Å²) in [6.07, 6.45) is -0.347. The van der Waals surface area contributed by atoms with E-state index in [1.165, 1.54) is 0 Å². The molecular weight excluding hydrogens is 378 g/mol. The molecule has 1 N–H and O–H groups in total. The van der Waals surface area contributed by atoms with Crippen molar-refractivity contribution in [1.82, 2.24) is 5.32 Å². The van der Waals surface area contributed by atoms with Crippen LogP contribution in [0.1, 0.15) is 52.0 Å². The van der Waals surface area contributed by atoms with Gasteiger partial charge in [0.1, 0.15) is 12.2 Å². The van der Waals surface area contributed by atoms with Crippen LogP contribution in [0.4, 0.5) is 4.79 Å². The third kappa shape index (κ3) is 13.0. The van der Waals surface area contributed by atoms with Crippen LogP contribution in [-0.4, -0.2) is 42.6 Å². The number of esters is 2. The molecule has 0 unspecified atom stereocenters. The Morgan fingerprint density at radius 2 is 1.55 bits per heavy atom. The fraction of sp³-hybridized carbons (Fsp3) is 0.524. The van der Waals surface area contributed by atoms with Crippen LogP contribution in [0, 0.1) is 0 Å². The lowest BCUT2D eigenvalue weighted by atomic mass is 10.2. The van der Waals surface area contributed by atoms with Crippen LogP contribution in [0.5, 0.6) is 0 Å². The van der Waals surface area contributed by atoms with Crippen LogP contribution in [-0.2, 0) is 35.2 Å². The molecule has 0 aromatic heterocycles. The second kappa shape index (κ2) is 12.5. The van der Waals surface area contributed by atoms with Gasteiger partial charge in [0.05, 0.1) is 19.6 Å². The van der Waals surface area contributed by atoms with E-state index in [1.54, 1.807) is 20.8 Å². The quantitative estimate of drug-likeness (QED) is 0.341. The summed E-state index contributed by atoms with van der Waals surface area (Å²) in [6, 6.07) is 9.32. The van der Waals surface area contributed by atoms with Crippen molar-refractivity contribution in [2.45, 2.75) is 58.7 Å². The first-order valence-electron chi connectivity index (χ1n) is 9.49. The Bertz CT molecular complexity index is 680. The molecular formula is C21H29NO7. The Labute approximate surface area is 170 Å². The summed E-state index contributed by atoms with van der Waals surface area (Å²) in [5.74, 6) is -1.21. The number of Topliss-reactive ketones (excluding diaryl/α,β-unsaturated/α-hetero) is 1. The van der Waals surface area contributed by atoms with Crippen molar-refractivity contribution in [2.75, 3.05) is 13.2 Å². The maximum Gasteiger partial charge on any atom is 0.408 e. The molecule has 0 fully saturated rings. The van der Waals surface area contributed by atoms with Crippen LogP contribution in [0.25, 0.3) is 0 Å². The van der Waals surface area contributed by atoms with Gasteiger partial charge in [0.25, 0.3) is 0 Å². The molecule has 1 amide bonds. The van der Waals surface area contributed by atoms with Crippen molar-refractivity contribution < 1.29 is 33.4 Å². The number of benzene rings is 1. The van der Waals surface area contributed by atoms with Crippen molar-refractivity contribution in [2.24, 2.45) is 0 Å². The largest absolute Gasteiger partial charge is 0.466 e. The van der Waals surface area contributed by atoms with Crippen LogP contribution in [0.3, 0.4) is 0 Å². The van der Waals surface area contributed by atoms with Gasteiger partial charge in [0.15, 0.2) is 5.78 Å². The van der Waals surface area contributed by atoms with E-state index in [9.17, 15) is 19.2 Å². The van der Waals surface area contributed by atoms with Gasteiger partial charge < -0.3 is 19.5 Å². The van der Waals surface area contributed by atoms with Gasteiger partial charge in [-0.2, -0.15) is 0 Å². The first-order valence-corrected chi connectivity index (χ1v) is 9.49. The monoisotopic (exact) mass is 407 g/mol. The van der Waals surface area contributed by atoms with E-state index >= 15 is 0 Å². The molecule has 0 aliphatic heterocycles. The van der Waals surface area contributed by atoms with Crippen molar-refractivity contribution in [3.05, 3.63) is 35.9 Å². The molecule has 0 heterocycles. The molecule has 1 aromatic rings. The molecule has 1 aromatic carbocycles. The third-order valence-corrected chi connectivity index (χ3v) is 3.47. The number of hydrogen-bond acceptors (Lipinski definition) is 7. The molecule has 8 heteroatoms. The number of alkyl carbamates (subject to hydrolysis) is 1. The molecule has 0 radical (unpaired) electrons. The highest BCUT2D eigenvalue weighted by molar-refractivity contribution is 5.86. The third-order valence-electron chi connectivity index (χ3n) is 3.47. The molecule has 0 saturated carbocycles. The standard InChI is InChI=1S/C21H29NO7/c1-21(2,3)29-20(26)22-14-17(23)11-12-19(25)27-13-7-10-18(24)28-15-16-8-5-4-6-9-16/h4-6,8-9H,7,10-15H2,1-3H3,(H,22,26). The fourth-order valence-electron chi connectivity index (χ4n) is 2.10. The minimum absolute atomic E-state index is 0.0479. The Kier molecular flexibility index (Phi) is 10.4. The molecule has 1 rings (SSSR count). The molecule has 0 aliphatic carbocycles. The van der Waals surface area contributed by atoms with Gasteiger partial charge in [-0.05, 0) is 32.8 Å². The highest BCUT2D eigenvalue weighted by Crippen LogP contribution is 2.06. The lowest BCUT2D eigenvalue weighted by Gasteiger charge is -2.19. The Balaban J connectivity index is 2.06. The minimum Gasteiger partial charge on any atom is -0.466 e. The lowest BCUT2D eigenvalue weighted by molar-refractivity contribution is -0.148. The lowest BCUT2D eigenvalue weighted by Crippen LogP contribution is -2.35. The van der Waals surface area contributed by atoms with E-state index in [0.717, 1.165) is 5.56 Å². The van der Waals surface area contributed by atoms with Crippen LogP contribution < -0.4 is 5.32 Å². The van der Waals surface area contributed by atoms with E-state index in [-0.39, 0.29) is 50.8 Å². The predicted octanol–water partition coefficient (Wildman–Crippen LogP) is 2.93. The molecule has 0 atom stereocenters. The first-order chi connectivity index (χ1) is 13.7. The smallest absolute Gasteiger partial charge is 0.408 e. The minimum atomic E-state index is -0.687. The van der Waals surface area contributed by atoms with Crippen molar-refractivity contribution >= 4 is 23.8 Å². The maximum atomic E-state index is 11.7. The fourth-order valence-corrected chi connectivity index (χ4v) is 2.10. The average Bonchev–Trinajstić information content (AvgIpc) is 2.66. The highest BCUT2D eigenvalue weighted by atomic mass is 16.6. The van der Waals surface area contributed by atoms with Gasteiger partial charge in [0, 0.05) is 12.8 Å². The zero-order valence-corrected chi connectivity index (χ0v) is 17.2. The number of rotatable bonds is 11. The molecule has 8 nitrogen and oxygen atoms in total. The summed E-state index contributed by atoms with van der Waals surface area (Å²) in [6.45, 7) is 5.21. The van der Waals surface area contributed by atoms with E-state index in [1.807, 2.05) is 30.3 Å². The predicted molar refractivity (Wildman–Crippen MR) is 105 cm³/mol. The number of ether oxygens (including phenoxy) is 3. The van der Waals surface area contributed by atoms with Crippen molar-refractivity contribution in [3.63, 3.8) is 0 Å². The van der Waals surface area contributed by atoms with Gasteiger partial charge >= 0.3 is 18.0 Å². The number of carbonyl (C=O) groups is 4. The van der Waals surface area contributed by atoms with E-state index < -0.39 is 17.7 Å². The summed E-state index contributed by atoms with van der Waals surface area (Å²) in [5, 5.41) is 2.34. The van der Waals surface area contributed by atoms with E-state index in [4.69, 9.17) is 14.2 Å². The Morgan fingerprint density at radius 1 is 0.897 bits per heavy atom. The maximum absolute atomic E-state index is 11.7. The first kappa shape index (κ1) is 24.1. The molecule has 0 aliphatic rings. The number of nitrogens with one attached hydrogen (secondary N) is 1. The summed E-state index contributed by atoms with van der Waals surface area (Å²) in [4.78, 5) is 46.4. The Morgan fingerprint density at radius 3 is 2.21 bits per heavy atom. The molecule has 29 heavy (non-hydrogen) atoms. The van der Waals surface area contributed by atoms with Crippen LogP contribution >= 0.6 is 0 Å². The highest BCUT2D eigenvalue weighted by Gasteiger charge is 2.17. The number of hydrogen-bond donors (Lipinski definition) is 1. The summed E-state index contributed by atoms with van der Waals surface area (Å²) in [7, 11) is 0. The molecule has 0 spiro atoms. The Hall–Kier alpha value is -2.90. The SMILES string of the molecule is CC(C)(C)OC(=O)NCC(=O)CCC(=O)OCCCC(=O)OCc1ccccc1. The molecule has 0 saturated heterocycles. The van der Waals surface area contributed by atoms with E-state index in [2.05, 4.69) is 5.32 Å². The number of ketones is 1. The topological polar surface area (TPSA) is 108 Å². The summed E-state index contributed by atoms with van der Waals surface area (Å²) >= 11 is 0. The van der Waals surface area contributed by atoms with Gasteiger partial charge in [-0.1, -0.05) is 30.3 Å². The van der Waals surface area contributed by atoms with Crippen molar-refractivity contribution in [1.29, 1.82) is 0 Å². The van der Waals surface area contributed by atoms with Gasteiger partial charge in [0.2, 0.25) is 0 Å². The van der Waals surface area contributed by atoms with Crippen molar-refractivity contribution in [3.8, 4) is 0 Å². The van der Waals surface area contributed by atoms with Gasteiger partial charge in [-0.25, -0.2) is 4.79 Å². The average molecular weight is 407 g/mol. The van der Waals surface area contributed by atoms with Crippen LogP contribution in [0.2, 0.25) is 0 Å². The second-order valence-electron chi connectivity index (χ2n) is 7.36. The summed E-state index contributed by atoms with van der Waals surface area (Å²) in [5.41, 5.74) is 0.253. The number of carbonyl (C=O) groups excluding carboxylic acids is 4. The van der Waals surface area contributed by atoms with Crippen LogP contribution in [0.15, 0.2) is 30.3 Å². The normalized spacial score (nSPS) is 10.7. The van der Waals surface area contributed by atoms with Gasteiger partial charge in [-0.3, -0.25) is 14.4 Å². The number of amides is 1.